The fourth-order valence-electron chi connectivity index (χ4n) is 2.74. The second-order valence-electron chi connectivity index (χ2n) is 5.60. The molecule has 0 aromatic carbocycles. The highest BCUT2D eigenvalue weighted by Crippen LogP contribution is 2.22. The van der Waals surface area contributed by atoms with Gasteiger partial charge >= 0.3 is 0 Å². The lowest BCUT2D eigenvalue weighted by Crippen LogP contribution is -2.45. The second kappa shape index (κ2) is 6.03. The van der Waals surface area contributed by atoms with E-state index in [9.17, 15) is 5.11 Å². The summed E-state index contributed by atoms with van der Waals surface area (Å²) < 4.78 is 7.34. The highest BCUT2D eigenvalue weighted by molar-refractivity contribution is 5.09. The van der Waals surface area contributed by atoms with Crippen LogP contribution in [-0.4, -0.2) is 52.2 Å². The van der Waals surface area contributed by atoms with Crippen molar-refractivity contribution in [2.45, 2.75) is 45.4 Å². The van der Waals surface area contributed by atoms with E-state index in [2.05, 4.69) is 30.0 Å². The Balaban J connectivity index is 1.94. The van der Waals surface area contributed by atoms with Gasteiger partial charge in [0.05, 0.1) is 17.0 Å². The van der Waals surface area contributed by atoms with Gasteiger partial charge in [-0.15, -0.1) is 0 Å². The summed E-state index contributed by atoms with van der Waals surface area (Å²) in [4.78, 5) is 2.17. The van der Waals surface area contributed by atoms with Crippen LogP contribution in [0.2, 0.25) is 0 Å². The summed E-state index contributed by atoms with van der Waals surface area (Å²) in [6.45, 7) is 7.83. The van der Waals surface area contributed by atoms with Gasteiger partial charge in [0.25, 0.3) is 0 Å². The largest absolute Gasteiger partial charge is 0.388 e. The first kappa shape index (κ1) is 14.5. The molecule has 5 heteroatoms. The number of ether oxygens (including phenoxy) is 1. The van der Waals surface area contributed by atoms with Crippen molar-refractivity contribution in [3.63, 3.8) is 0 Å². The van der Waals surface area contributed by atoms with Crippen molar-refractivity contribution in [1.82, 2.24) is 14.7 Å². The van der Waals surface area contributed by atoms with E-state index in [-0.39, 0.29) is 0 Å². The third-order valence-corrected chi connectivity index (χ3v) is 3.70. The summed E-state index contributed by atoms with van der Waals surface area (Å²) in [7, 11) is 2.05. The summed E-state index contributed by atoms with van der Waals surface area (Å²) in [6.07, 6.45) is 1.45. The van der Waals surface area contributed by atoms with Gasteiger partial charge in [-0.1, -0.05) is 0 Å². The molecule has 1 aliphatic heterocycles. The molecular formula is C14H25N3O2. The maximum absolute atomic E-state index is 10.5. The van der Waals surface area contributed by atoms with E-state index >= 15 is 0 Å². The minimum atomic E-state index is -0.598. The number of aryl methyl sites for hydroxylation is 2. The van der Waals surface area contributed by atoms with Crippen LogP contribution in [0.4, 0.5) is 0 Å². The Labute approximate surface area is 115 Å². The van der Waals surface area contributed by atoms with Crippen LogP contribution in [0.15, 0.2) is 6.07 Å². The molecule has 19 heavy (non-hydrogen) atoms. The molecule has 0 unspecified atom stereocenters. The lowest BCUT2D eigenvalue weighted by Gasteiger charge is -2.35. The van der Waals surface area contributed by atoms with Crippen molar-refractivity contribution < 1.29 is 9.84 Å². The predicted molar refractivity (Wildman–Crippen MR) is 74.0 cm³/mol. The van der Waals surface area contributed by atoms with Gasteiger partial charge in [0, 0.05) is 45.7 Å². The topological polar surface area (TPSA) is 50.5 Å². The highest BCUT2D eigenvalue weighted by Gasteiger charge is 2.31. The Hall–Kier alpha value is -0.910. The molecule has 0 atom stereocenters. The van der Waals surface area contributed by atoms with Gasteiger partial charge in [0.15, 0.2) is 0 Å². The molecule has 1 aromatic rings. The third-order valence-electron chi connectivity index (χ3n) is 3.70. The lowest BCUT2D eigenvalue weighted by atomic mass is 9.94. The van der Waals surface area contributed by atoms with E-state index in [1.165, 1.54) is 5.69 Å². The zero-order valence-electron chi connectivity index (χ0n) is 12.2. The van der Waals surface area contributed by atoms with Gasteiger partial charge in [-0.2, -0.15) is 5.10 Å². The summed E-state index contributed by atoms with van der Waals surface area (Å²) >= 11 is 0. The van der Waals surface area contributed by atoms with Gasteiger partial charge in [0.2, 0.25) is 0 Å². The van der Waals surface area contributed by atoms with E-state index in [4.69, 9.17) is 4.74 Å². The van der Waals surface area contributed by atoms with Crippen LogP contribution >= 0.6 is 0 Å². The van der Waals surface area contributed by atoms with Crippen LogP contribution in [0.5, 0.6) is 0 Å². The number of rotatable bonds is 5. The maximum Gasteiger partial charge on any atom is 0.0817 e. The Bertz CT molecular complexity index is 411. The number of aliphatic hydroxyl groups is 1. The first-order chi connectivity index (χ1) is 9.02. The molecule has 2 rings (SSSR count). The van der Waals surface area contributed by atoms with Gasteiger partial charge in [0.1, 0.15) is 0 Å². The zero-order valence-corrected chi connectivity index (χ0v) is 12.2. The Morgan fingerprint density at radius 1 is 1.47 bits per heavy atom. The molecule has 5 nitrogen and oxygen atoms in total. The van der Waals surface area contributed by atoms with E-state index < -0.39 is 5.60 Å². The molecule has 0 saturated carbocycles. The van der Waals surface area contributed by atoms with E-state index in [0.717, 1.165) is 31.6 Å². The average molecular weight is 267 g/mol. The molecule has 1 aliphatic rings. The lowest BCUT2D eigenvalue weighted by molar-refractivity contribution is -0.0779. The fraction of sp³-hybridized carbons (Fsp3) is 0.786. The van der Waals surface area contributed by atoms with E-state index in [1.807, 2.05) is 11.6 Å². The summed E-state index contributed by atoms with van der Waals surface area (Å²) in [5, 5.41) is 15.0. The monoisotopic (exact) mass is 267 g/mol. The van der Waals surface area contributed by atoms with Crippen LogP contribution < -0.4 is 0 Å². The van der Waals surface area contributed by atoms with Gasteiger partial charge in [-0.3, -0.25) is 9.58 Å². The quantitative estimate of drug-likeness (QED) is 0.870. The van der Waals surface area contributed by atoms with Crippen LogP contribution in [0.25, 0.3) is 0 Å². The molecule has 0 bridgehead atoms. The smallest absolute Gasteiger partial charge is 0.0817 e. The molecule has 1 saturated heterocycles. The molecule has 1 aromatic heterocycles. The summed E-state index contributed by atoms with van der Waals surface area (Å²) in [6, 6.07) is 2.12. The molecule has 2 heterocycles. The minimum absolute atomic E-state index is 0.598. The number of hydrogen-bond donors (Lipinski definition) is 1. The SMILES string of the molecule is CCn1nc(C)cc1CN(C)CC1(O)CCOCC1. The Kier molecular flexibility index (Phi) is 4.60. The van der Waals surface area contributed by atoms with Crippen molar-refractivity contribution >= 4 is 0 Å². The average Bonchev–Trinajstić information content (AvgIpc) is 2.69. The van der Waals surface area contributed by atoms with Gasteiger partial charge in [-0.25, -0.2) is 0 Å². The first-order valence-electron chi connectivity index (χ1n) is 7.04. The van der Waals surface area contributed by atoms with Crippen molar-refractivity contribution in [1.29, 1.82) is 0 Å². The number of aromatic nitrogens is 2. The molecule has 0 radical (unpaired) electrons. The van der Waals surface area contributed by atoms with Crippen LogP contribution in [-0.2, 0) is 17.8 Å². The van der Waals surface area contributed by atoms with Crippen molar-refractivity contribution in [3.8, 4) is 0 Å². The number of hydrogen-bond acceptors (Lipinski definition) is 4. The number of nitrogens with zero attached hydrogens (tertiary/aromatic N) is 3. The first-order valence-corrected chi connectivity index (χ1v) is 7.04. The molecule has 0 amide bonds. The van der Waals surface area contributed by atoms with Crippen LogP contribution in [0.1, 0.15) is 31.2 Å². The Morgan fingerprint density at radius 2 is 2.16 bits per heavy atom. The summed E-state index contributed by atoms with van der Waals surface area (Å²) in [5.41, 5.74) is 1.66. The highest BCUT2D eigenvalue weighted by atomic mass is 16.5. The van der Waals surface area contributed by atoms with Crippen LogP contribution in [0.3, 0.4) is 0 Å². The van der Waals surface area contributed by atoms with Crippen molar-refractivity contribution in [3.05, 3.63) is 17.5 Å². The normalized spacial score (nSPS) is 19.0. The van der Waals surface area contributed by atoms with Crippen molar-refractivity contribution in [2.75, 3.05) is 26.8 Å². The van der Waals surface area contributed by atoms with E-state index in [1.54, 1.807) is 0 Å². The third kappa shape index (κ3) is 3.78. The molecular weight excluding hydrogens is 242 g/mol. The fourth-order valence-corrected chi connectivity index (χ4v) is 2.74. The Morgan fingerprint density at radius 3 is 2.79 bits per heavy atom. The van der Waals surface area contributed by atoms with Gasteiger partial charge < -0.3 is 9.84 Å². The van der Waals surface area contributed by atoms with Crippen LogP contribution in [0, 0.1) is 6.92 Å². The molecule has 1 fully saturated rings. The molecule has 1 N–H and O–H groups in total. The van der Waals surface area contributed by atoms with Crippen molar-refractivity contribution in [2.24, 2.45) is 0 Å². The van der Waals surface area contributed by atoms with Gasteiger partial charge in [-0.05, 0) is 27.0 Å². The summed E-state index contributed by atoms with van der Waals surface area (Å²) in [5.74, 6) is 0. The molecule has 108 valence electrons. The second-order valence-corrected chi connectivity index (χ2v) is 5.60. The zero-order chi connectivity index (χ0) is 13.9. The number of likely N-dealkylation sites (N-methyl/N-ethyl adjacent to an activating group) is 1. The minimum Gasteiger partial charge on any atom is -0.388 e. The predicted octanol–water partition coefficient (Wildman–Crippen LogP) is 1.18. The molecule has 0 spiro atoms. The molecule has 0 aliphatic carbocycles. The van der Waals surface area contributed by atoms with E-state index in [0.29, 0.717) is 19.8 Å². The standard InChI is InChI=1S/C14H25N3O2/c1-4-17-13(9-12(2)15-17)10-16(3)11-14(18)5-7-19-8-6-14/h9,18H,4-8,10-11H2,1-3H3. The maximum atomic E-state index is 10.5.